The number of aromatic nitrogens is 3. The summed E-state index contributed by atoms with van der Waals surface area (Å²) >= 11 is 0. The Bertz CT molecular complexity index is 1770. The molecular weight excluding hydrogens is 454 g/mol. The fraction of sp³-hybridized carbons (Fsp3) is 0.172. The molecule has 1 aliphatic rings. The van der Waals surface area contributed by atoms with Crippen molar-refractivity contribution >= 4 is 10.9 Å². The number of ether oxygens (including phenoxy) is 2. The lowest BCUT2D eigenvalue weighted by Crippen LogP contribution is -2.37. The Kier molecular flexibility index (Phi) is 4.89. The molecule has 36 heavy (non-hydrogen) atoms. The second kappa shape index (κ2) is 8.02. The molecule has 0 amide bonds. The van der Waals surface area contributed by atoms with Gasteiger partial charge >= 0.3 is 5.69 Å². The Morgan fingerprint density at radius 2 is 1.56 bits per heavy atom. The molecule has 180 valence electrons. The van der Waals surface area contributed by atoms with Gasteiger partial charge in [0.2, 0.25) is 0 Å². The maximum absolute atomic E-state index is 13.7. The summed E-state index contributed by atoms with van der Waals surface area (Å²) in [5.74, 6) is 1.34. The highest BCUT2D eigenvalue weighted by atomic mass is 16.5. The monoisotopic (exact) mass is 479 g/mol. The van der Waals surface area contributed by atoms with Crippen LogP contribution in [0.25, 0.3) is 27.8 Å². The molecule has 0 N–H and O–H groups in total. The normalized spacial score (nSPS) is 14.3. The zero-order valence-corrected chi connectivity index (χ0v) is 20.5. The molecule has 0 spiro atoms. The predicted molar refractivity (Wildman–Crippen MR) is 139 cm³/mol. The molecule has 0 bridgehead atoms. The summed E-state index contributed by atoms with van der Waals surface area (Å²) in [5.41, 5.74) is 4.85. The molecule has 6 rings (SSSR count). The fourth-order valence-electron chi connectivity index (χ4n) is 5.19. The van der Waals surface area contributed by atoms with E-state index in [0.717, 1.165) is 32.6 Å². The van der Waals surface area contributed by atoms with E-state index >= 15 is 0 Å². The molecule has 7 nitrogen and oxygen atoms in total. The van der Waals surface area contributed by atoms with E-state index in [-0.39, 0.29) is 5.56 Å². The second-order valence-electron chi connectivity index (χ2n) is 9.07. The quantitative estimate of drug-likeness (QED) is 0.382. The molecule has 1 aliphatic heterocycles. The van der Waals surface area contributed by atoms with Crippen molar-refractivity contribution in [3.05, 3.63) is 110 Å². The number of benzene rings is 3. The van der Waals surface area contributed by atoms with E-state index in [1.807, 2.05) is 79.7 Å². The molecular formula is C29H25N3O4. The number of fused-ring (bicyclic) bond motifs is 5. The minimum absolute atomic E-state index is 0.346. The Balaban J connectivity index is 1.86. The number of hydrogen-bond donors (Lipinski definition) is 0. The van der Waals surface area contributed by atoms with Crippen LogP contribution in [0.1, 0.15) is 22.9 Å². The number of rotatable bonds is 3. The van der Waals surface area contributed by atoms with Crippen LogP contribution in [0.4, 0.5) is 0 Å². The first-order chi connectivity index (χ1) is 17.4. The maximum atomic E-state index is 13.7. The van der Waals surface area contributed by atoms with Gasteiger partial charge in [-0.05, 0) is 30.7 Å². The smallest absolute Gasteiger partial charge is 0.331 e. The molecule has 5 aromatic rings. The van der Waals surface area contributed by atoms with Gasteiger partial charge in [-0.2, -0.15) is 0 Å². The van der Waals surface area contributed by atoms with Crippen molar-refractivity contribution in [1.29, 1.82) is 0 Å². The molecule has 3 heterocycles. The lowest BCUT2D eigenvalue weighted by Gasteiger charge is -2.30. The van der Waals surface area contributed by atoms with E-state index in [0.29, 0.717) is 28.1 Å². The summed E-state index contributed by atoms with van der Waals surface area (Å²) in [6.45, 7) is 2.03. The van der Waals surface area contributed by atoms with Gasteiger partial charge in [-0.25, -0.2) is 4.79 Å². The Labute approximate surface area is 207 Å². The third-order valence-electron chi connectivity index (χ3n) is 6.95. The summed E-state index contributed by atoms with van der Waals surface area (Å²) in [5, 5.41) is 0.471. The topological polar surface area (TPSA) is 67.4 Å². The van der Waals surface area contributed by atoms with Gasteiger partial charge in [0.1, 0.15) is 11.5 Å². The van der Waals surface area contributed by atoms with Gasteiger partial charge in [-0.15, -0.1) is 0 Å². The highest BCUT2D eigenvalue weighted by Crippen LogP contribution is 2.47. The lowest BCUT2D eigenvalue weighted by molar-refractivity contribution is 0.223. The minimum atomic E-state index is -0.615. The summed E-state index contributed by atoms with van der Waals surface area (Å²) in [6.07, 6.45) is -0.615. The minimum Gasteiger partial charge on any atom is -0.496 e. The van der Waals surface area contributed by atoms with E-state index < -0.39 is 11.8 Å². The molecule has 7 heteroatoms. The Hall–Kier alpha value is -4.52. The van der Waals surface area contributed by atoms with Crippen molar-refractivity contribution in [2.24, 2.45) is 14.1 Å². The Morgan fingerprint density at radius 1 is 0.861 bits per heavy atom. The molecule has 0 fully saturated rings. The summed E-state index contributed by atoms with van der Waals surface area (Å²) < 4.78 is 17.1. The van der Waals surface area contributed by atoms with Crippen LogP contribution >= 0.6 is 0 Å². The first kappa shape index (κ1) is 22.0. The van der Waals surface area contributed by atoms with Gasteiger partial charge in [0.25, 0.3) is 5.56 Å². The van der Waals surface area contributed by atoms with Gasteiger partial charge in [0.15, 0.2) is 6.10 Å². The average molecular weight is 480 g/mol. The SMILES string of the molecule is COc1ccccc1[C@H]1Oc2ccccc2-n2c(-c3ccc(C)cc3)c3c(=O)n(C)c(=O)n(C)c3c21. The van der Waals surface area contributed by atoms with Gasteiger partial charge in [0, 0.05) is 19.7 Å². The molecule has 0 saturated carbocycles. The number of nitrogens with zero attached hydrogens (tertiary/aromatic N) is 3. The molecule has 0 saturated heterocycles. The highest BCUT2D eigenvalue weighted by molar-refractivity contribution is 5.98. The first-order valence-corrected chi connectivity index (χ1v) is 11.7. The fourth-order valence-corrected chi connectivity index (χ4v) is 5.19. The second-order valence-corrected chi connectivity index (χ2v) is 9.07. The standard InChI is InChI=1S/C29H25N3O4/c1-17-13-15-18(16-14-17)24-23-25(30(2)29(34)31(3)28(23)33)26-27(19-9-5-7-11-21(19)35-4)36-22-12-8-6-10-20(22)32(24)26/h5-16,27H,1-4H3/t27-/m1/s1. The third-order valence-corrected chi connectivity index (χ3v) is 6.95. The van der Waals surface area contributed by atoms with Gasteiger partial charge in [-0.1, -0.05) is 60.2 Å². The lowest BCUT2D eigenvalue weighted by atomic mass is 10.0. The van der Waals surface area contributed by atoms with Crippen molar-refractivity contribution in [2.45, 2.75) is 13.0 Å². The summed E-state index contributed by atoms with van der Waals surface area (Å²) in [4.78, 5) is 26.9. The number of hydrogen-bond acceptors (Lipinski definition) is 4. The first-order valence-electron chi connectivity index (χ1n) is 11.7. The summed E-state index contributed by atoms with van der Waals surface area (Å²) in [6, 6.07) is 23.5. The largest absolute Gasteiger partial charge is 0.496 e. The Morgan fingerprint density at radius 3 is 2.31 bits per heavy atom. The zero-order valence-electron chi connectivity index (χ0n) is 20.5. The van der Waals surface area contributed by atoms with Crippen molar-refractivity contribution in [1.82, 2.24) is 13.7 Å². The highest BCUT2D eigenvalue weighted by Gasteiger charge is 2.37. The molecule has 1 atom stereocenters. The van der Waals surface area contributed by atoms with Crippen LogP contribution in [0.15, 0.2) is 82.4 Å². The number of methoxy groups -OCH3 is 1. The molecule has 0 aliphatic carbocycles. The van der Waals surface area contributed by atoms with Crippen LogP contribution in [0.3, 0.4) is 0 Å². The molecule has 0 radical (unpaired) electrons. The number of para-hydroxylation sites is 3. The molecule has 0 unspecified atom stereocenters. The average Bonchev–Trinajstić information content (AvgIpc) is 3.27. The van der Waals surface area contributed by atoms with Gasteiger partial charge in [0.05, 0.1) is 35.1 Å². The number of aryl methyl sites for hydroxylation is 2. The zero-order chi connectivity index (χ0) is 25.1. The van der Waals surface area contributed by atoms with Crippen LogP contribution in [0.5, 0.6) is 11.5 Å². The van der Waals surface area contributed by atoms with Crippen LogP contribution < -0.4 is 20.7 Å². The van der Waals surface area contributed by atoms with Crippen LogP contribution in [0, 0.1) is 6.92 Å². The van der Waals surface area contributed by atoms with Gasteiger partial charge in [-0.3, -0.25) is 13.9 Å². The van der Waals surface area contributed by atoms with E-state index in [1.165, 1.54) is 7.05 Å². The van der Waals surface area contributed by atoms with Crippen molar-refractivity contribution in [3.8, 4) is 28.4 Å². The van der Waals surface area contributed by atoms with E-state index in [9.17, 15) is 9.59 Å². The maximum Gasteiger partial charge on any atom is 0.331 e. The van der Waals surface area contributed by atoms with Gasteiger partial charge < -0.3 is 14.0 Å². The van der Waals surface area contributed by atoms with Crippen LogP contribution in [-0.4, -0.2) is 20.8 Å². The van der Waals surface area contributed by atoms with E-state index in [4.69, 9.17) is 9.47 Å². The third kappa shape index (κ3) is 2.99. The van der Waals surface area contributed by atoms with Crippen LogP contribution in [-0.2, 0) is 14.1 Å². The van der Waals surface area contributed by atoms with E-state index in [2.05, 4.69) is 4.57 Å². The van der Waals surface area contributed by atoms with E-state index in [1.54, 1.807) is 18.7 Å². The van der Waals surface area contributed by atoms with Crippen molar-refractivity contribution in [2.75, 3.05) is 7.11 Å². The predicted octanol–water partition coefficient (Wildman–Crippen LogP) is 4.49. The summed E-state index contributed by atoms with van der Waals surface area (Å²) in [7, 11) is 4.83. The molecule has 3 aromatic carbocycles. The molecule has 2 aromatic heterocycles. The van der Waals surface area contributed by atoms with Crippen molar-refractivity contribution < 1.29 is 9.47 Å². The van der Waals surface area contributed by atoms with Crippen LogP contribution in [0.2, 0.25) is 0 Å². The van der Waals surface area contributed by atoms with Crippen molar-refractivity contribution in [3.63, 3.8) is 0 Å².